The van der Waals surface area contributed by atoms with Crippen molar-refractivity contribution in [1.29, 1.82) is 0 Å². The Bertz CT molecular complexity index is 1680. The summed E-state index contributed by atoms with van der Waals surface area (Å²) in [6.07, 6.45) is -3.37. The molecule has 6 aliphatic rings. The summed E-state index contributed by atoms with van der Waals surface area (Å²) in [7, 11) is 0. The van der Waals surface area contributed by atoms with Gasteiger partial charge in [-0.1, -0.05) is 0 Å². The van der Waals surface area contributed by atoms with E-state index in [0.717, 1.165) is 0 Å². The Hall–Kier alpha value is -4.28. The first-order chi connectivity index (χ1) is 18.8. The Morgan fingerprint density at radius 3 is 1.30 bits per heavy atom. The highest BCUT2D eigenvalue weighted by molar-refractivity contribution is 6.30. The van der Waals surface area contributed by atoms with Gasteiger partial charge in [-0.25, -0.2) is 0 Å². The van der Waals surface area contributed by atoms with E-state index in [2.05, 4.69) is 0 Å². The number of aliphatic hydroxyl groups excluding tert-OH is 4. The van der Waals surface area contributed by atoms with Crippen LogP contribution in [0.2, 0.25) is 0 Å². The van der Waals surface area contributed by atoms with Gasteiger partial charge in [0.15, 0.2) is 23.1 Å². The Kier molecular flexibility index (Phi) is 3.86. The molecule has 0 radical (unpaired) electrons. The Balaban J connectivity index is 1.55. The number of benzene rings is 2. The molecule has 0 aromatic heterocycles. The Morgan fingerprint density at radius 2 is 0.950 bits per heavy atom. The molecule has 0 amide bonds. The number of ketones is 4. The fourth-order valence-electron chi connectivity index (χ4n) is 9.51. The van der Waals surface area contributed by atoms with Gasteiger partial charge in [0.2, 0.25) is 0 Å². The average molecular weight is 542 g/mol. The molecule has 10 heteroatoms. The van der Waals surface area contributed by atoms with Crippen LogP contribution in [0.5, 0.6) is 11.5 Å². The molecule has 6 N–H and O–H groups in total. The molecule has 2 aromatic carbocycles. The second-order valence-electron chi connectivity index (χ2n) is 12.0. The zero-order valence-corrected chi connectivity index (χ0v) is 21.1. The number of hydrogen-bond acceptors (Lipinski definition) is 10. The monoisotopic (exact) mass is 542 g/mol. The molecule has 202 valence electrons. The predicted octanol–water partition coefficient (Wildman–Crippen LogP) is 1.70. The van der Waals surface area contributed by atoms with Crippen molar-refractivity contribution in [3.63, 3.8) is 0 Å². The number of aryl methyl sites for hydroxylation is 2. The molecular formula is C30H22O10. The first kappa shape index (κ1) is 23.6. The van der Waals surface area contributed by atoms with Gasteiger partial charge in [0.25, 0.3) is 0 Å². The van der Waals surface area contributed by atoms with Crippen LogP contribution in [-0.4, -0.2) is 66.0 Å². The minimum atomic E-state index is -2.25. The zero-order valence-electron chi connectivity index (χ0n) is 21.1. The van der Waals surface area contributed by atoms with Crippen molar-refractivity contribution < 1.29 is 49.8 Å². The number of phenolic OH excluding ortho intramolecular Hbond substituents is 2. The van der Waals surface area contributed by atoms with Crippen LogP contribution >= 0.6 is 0 Å². The van der Waals surface area contributed by atoms with E-state index in [4.69, 9.17) is 0 Å². The summed E-state index contributed by atoms with van der Waals surface area (Å²) in [6.45, 7) is 3.19. The smallest absolute Gasteiger partial charge is 0.175 e. The lowest BCUT2D eigenvalue weighted by Gasteiger charge is -2.53. The van der Waals surface area contributed by atoms with Gasteiger partial charge in [0, 0.05) is 23.0 Å². The molecular weight excluding hydrogens is 520 g/mol. The van der Waals surface area contributed by atoms with E-state index in [1.165, 1.54) is 24.3 Å². The molecule has 10 nitrogen and oxygen atoms in total. The molecule has 8 rings (SSSR count). The van der Waals surface area contributed by atoms with Crippen LogP contribution in [0.4, 0.5) is 0 Å². The maximum absolute atomic E-state index is 14.5. The zero-order chi connectivity index (χ0) is 28.5. The average Bonchev–Trinajstić information content (AvgIpc) is 3.22. The third kappa shape index (κ3) is 1.96. The maximum atomic E-state index is 14.5. The molecule has 6 aliphatic carbocycles. The van der Waals surface area contributed by atoms with Crippen LogP contribution in [0.1, 0.15) is 43.0 Å². The number of carbonyl (C=O) groups excluding carboxylic acids is 4. The normalized spacial score (nSPS) is 38.1. The summed E-state index contributed by atoms with van der Waals surface area (Å²) in [5, 5.41) is 67.8. The second kappa shape index (κ2) is 6.54. The number of allylic oxidation sites excluding steroid dienone is 2. The summed E-state index contributed by atoms with van der Waals surface area (Å²) in [5.41, 5.74) is -5.58. The molecule has 8 atom stereocenters. The highest BCUT2D eigenvalue weighted by atomic mass is 16.3. The standard InChI is InChI=1S/C30H22O10/c1-7-3-9-13(11(31)5-7)21(33)17-25(37)20-23(35)15-16-24(36)19(29(15,17)27(9)39)26(38)18-22(34)14-10(28(40)30(16,18)20)4-8(2)6-12(14)32/h3-6,15-16,19-20,23-24,31-36H,1-2H3/t15?,16?,19-,20-,23?,24?,29-,30-/m1/s1. The van der Waals surface area contributed by atoms with Crippen molar-refractivity contribution in [3.05, 3.63) is 68.8 Å². The summed E-state index contributed by atoms with van der Waals surface area (Å²) < 4.78 is 0. The van der Waals surface area contributed by atoms with Crippen molar-refractivity contribution in [3.8, 4) is 11.5 Å². The lowest BCUT2D eigenvalue weighted by atomic mass is 9.46. The minimum absolute atomic E-state index is 0.185. The molecule has 0 saturated heterocycles. The van der Waals surface area contributed by atoms with E-state index in [9.17, 15) is 49.8 Å². The van der Waals surface area contributed by atoms with E-state index in [1.807, 2.05) is 0 Å². The summed E-state index contributed by atoms with van der Waals surface area (Å²) in [4.78, 5) is 57.9. The van der Waals surface area contributed by atoms with E-state index >= 15 is 0 Å². The van der Waals surface area contributed by atoms with E-state index < -0.39 is 104 Å². The number of hydrogen-bond donors (Lipinski definition) is 6. The van der Waals surface area contributed by atoms with Gasteiger partial charge in [-0.05, 0) is 49.2 Å². The van der Waals surface area contributed by atoms with Gasteiger partial charge in [-0.2, -0.15) is 0 Å². The van der Waals surface area contributed by atoms with Crippen molar-refractivity contribution in [1.82, 2.24) is 0 Å². The number of Topliss-reactive ketones (excluding diaryl/α,β-unsaturated/α-hetero) is 4. The van der Waals surface area contributed by atoms with Gasteiger partial charge in [0.1, 0.15) is 23.0 Å². The van der Waals surface area contributed by atoms with Crippen molar-refractivity contribution in [2.75, 3.05) is 0 Å². The fourth-order valence-corrected chi connectivity index (χ4v) is 9.51. The van der Waals surface area contributed by atoms with E-state index in [-0.39, 0.29) is 22.3 Å². The quantitative estimate of drug-likeness (QED) is 0.286. The van der Waals surface area contributed by atoms with Gasteiger partial charge in [-0.15, -0.1) is 0 Å². The number of phenols is 2. The molecule has 4 fully saturated rings. The summed E-state index contributed by atoms with van der Waals surface area (Å²) in [5.74, 6) is -12.2. The number of rotatable bonds is 0. The van der Waals surface area contributed by atoms with Crippen LogP contribution in [-0.2, 0) is 9.59 Å². The fraction of sp³-hybridized carbons (Fsp3) is 0.333. The number of aliphatic hydroxyl groups is 4. The van der Waals surface area contributed by atoms with Crippen LogP contribution in [0.15, 0.2) is 35.4 Å². The topological polar surface area (TPSA) is 190 Å². The maximum Gasteiger partial charge on any atom is 0.175 e. The van der Waals surface area contributed by atoms with E-state index in [0.29, 0.717) is 11.1 Å². The van der Waals surface area contributed by atoms with Crippen molar-refractivity contribution >= 4 is 34.7 Å². The molecule has 2 spiro atoms. The third-order valence-corrected chi connectivity index (χ3v) is 10.4. The number of fused-ring (bicyclic) bond motifs is 4. The molecule has 4 unspecified atom stereocenters. The van der Waals surface area contributed by atoms with Crippen molar-refractivity contribution in [2.45, 2.75) is 26.1 Å². The second-order valence-corrected chi connectivity index (χ2v) is 12.0. The highest BCUT2D eigenvalue weighted by Gasteiger charge is 2.89. The first-order valence-electron chi connectivity index (χ1n) is 12.9. The van der Waals surface area contributed by atoms with E-state index in [1.54, 1.807) is 13.8 Å². The molecule has 40 heavy (non-hydrogen) atoms. The predicted molar refractivity (Wildman–Crippen MR) is 134 cm³/mol. The summed E-state index contributed by atoms with van der Waals surface area (Å²) >= 11 is 0. The number of carbonyl (C=O) groups is 4. The molecule has 0 aliphatic heterocycles. The van der Waals surface area contributed by atoms with Crippen LogP contribution in [0.3, 0.4) is 0 Å². The van der Waals surface area contributed by atoms with Gasteiger partial charge in [-0.3, -0.25) is 19.2 Å². The first-order valence-corrected chi connectivity index (χ1v) is 12.9. The molecule has 0 heterocycles. The largest absolute Gasteiger partial charge is 0.507 e. The summed E-state index contributed by atoms with van der Waals surface area (Å²) in [6, 6.07) is 5.37. The number of aromatic hydroxyl groups is 2. The molecule has 4 saturated carbocycles. The minimum Gasteiger partial charge on any atom is -0.507 e. The lowest BCUT2D eigenvalue weighted by Crippen LogP contribution is -2.65. The molecule has 2 aromatic rings. The van der Waals surface area contributed by atoms with Crippen LogP contribution < -0.4 is 0 Å². The van der Waals surface area contributed by atoms with Crippen LogP contribution in [0, 0.1) is 48.3 Å². The van der Waals surface area contributed by atoms with Crippen molar-refractivity contribution in [2.24, 2.45) is 34.5 Å². The van der Waals surface area contributed by atoms with Crippen LogP contribution in [0.25, 0.3) is 11.5 Å². The molecule has 4 bridgehead atoms. The third-order valence-electron chi connectivity index (χ3n) is 10.4. The Morgan fingerprint density at radius 1 is 0.600 bits per heavy atom. The van der Waals surface area contributed by atoms with Gasteiger partial charge < -0.3 is 30.6 Å². The highest BCUT2D eigenvalue weighted by Crippen LogP contribution is 2.80. The Labute approximate surface area is 225 Å². The van der Waals surface area contributed by atoms with Gasteiger partial charge >= 0.3 is 0 Å². The lowest BCUT2D eigenvalue weighted by molar-refractivity contribution is -0.142. The SMILES string of the molecule is Cc1cc(O)c2c(c1)C(=O)[C@@]13C(=C2O)C(=O)[C@H]2C(O)C1C1C(O)[C@@H]3C(=O)C3=C(O)c4c(O)cc(C)cc4C(=O)[C@@]312. The van der Waals surface area contributed by atoms with Gasteiger partial charge in [0.05, 0.1) is 57.1 Å².